The minimum atomic E-state index is 0.647. The number of nitrogens with zero attached hydrogens (tertiary/aromatic N) is 3. The van der Waals surface area contributed by atoms with Crippen LogP contribution in [-0.2, 0) is 13.0 Å². The van der Waals surface area contributed by atoms with Crippen LogP contribution in [0, 0.1) is 0 Å². The molecule has 0 aliphatic carbocycles. The van der Waals surface area contributed by atoms with Crippen molar-refractivity contribution in [3.8, 4) is 0 Å². The van der Waals surface area contributed by atoms with Gasteiger partial charge in [0.1, 0.15) is 10.6 Å². The predicted molar refractivity (Wildman–Crippen MR) is 85.8 cm³/mol. The van der Waals surface area contributed by atoms with Gasteiger partial charge in [0.15, 0.2) is 0 Å². The summed E-state index contributed by atoms with van der Waals surface area (Å²) in [6.45, 7) is 2.89. The molecule has 7 heteroatoms. The van der Waals surface area contributed by atoms with Gasteiger partial charge in [0.05, 0.1) is 17.4 Å². The van der Waals surface area contributed by atoms with E-state index in [9.17, 15) is 0 Å². The Hall–Kier alpha value is -1.73. The number of thiophene rings is 1. The van der Waals surface area contributed by atoms with Gasteiger partial charge in [-0.1, -0.05) is 6.92 Å². The Morgan fingerprint density at radius 2 is 2.15 bits per heavy atom. The predicted octanol–water partition coefficient (Wildman–Crippen LogP) is 3.36. The van der Waals surface area contributed by atoms with Gasteiger partial charge < -0.3 is 10.6 Å². The van der Waals surface area contributed by atoms with Crippen molar-refractivity contribution in [2.24, 2.45) is 0 Å². The van der Waals surface area contributed by atoms with Gasteiger partial charge >= 0.3 is 0 Å². The summed E-state index contributed by atoms with van der Waals surface area (Å²) in [6.07, 6.45) is 2.89. The molecule has 0 saturated carbocycles. The summed E-state index contributed by atoms with van der Waals surface area (Å²) in [7, 11) is 1.84. The SMILES string of the molecule is CCc1cc2c(NCc3cncs3)nc(NC)nc2s1. The molecular weight excluding hydrogens is 290 g/mol. The summed E-state index contributed by atoms with van der Waals surface area (Å²) in [5, 5.41) is 7.50. The third-order valence-corrected chi connectivity index (χ3v) is 4.88. The monoisotopic (exact) mass is 305 g/mol. The molecule has 3 aromatic rings. The second-order valence-corrected chi connectivity index (χ2v) is 6.34. The number of aromatic nitrogens is 3. The summed E-state index contributed by atoms with van der Waals surface area (Å²) in [6, 6.07) is 2.18. The fraction of sp³-hybridized carbons (Fsp3) is 0.308. The molecular formula is C13H15N5S2. The van der Waals surface area contributed by atoms with Gasteiger partial charge in [0.25, 0.3) is 0 Å². The van der Waals surface area contributed by atoms with Crippen LogP contribution in [-0.4, -0.2) is 22.0 Å². The van der Waals surface area contributed by atoms with Gasteiger partial charge in [-0.15, -0.1) is 22.7 Å². The van der Waals surface area contributed by atoms with Gasteiger partial charge in [-0.05, 0) is 12.5 Å². The van der Waals surface area contributed by atoms with Crippen molar-refractivity contribution in [3.63, 3.8) is 0 Å². The molecule has 3 rings (SSSR count). The molecule has 5 nitrogen and oxygen atoms in total. The van der Waals surface area contributed by atoms with E-state index in [-0.39, 0.29) is 0 Å². The van der Waals surface area contributed by atoms with E-state index in [4.69, 9.17) is 0 Å². The summed E-state index contributed by atoms with van der Waals surface area (Å²) >= 11 is 3.36. The molecule has 0 saturated heterocycles. The third kappa shape index (κ3) is 2.59. The number of thiazole rings is 1. The largest absolute Gasteiger partial charge is 0.364 e. The van der Waals surface area contributed by atoms with Crippen molar-refractivity contribution in [3.05, 3.63) is 27.5 Å². The molecule has 0 atom stereocenters. The van der Waals surface area contributed by atoms with Gasteiger partial charge in [-0.2, -0.15) is 4.98 Å². The molecule has 0 bridgehead atoms. The molecule has 20 heavy (non-hydrogen) atoms. The molecule has 0 spiro atoms. The molecule has 0 aliphatic heterocycles. The molecule has 0 amide bonds. The van der Waals surface area contributed by atoms with Crippen LogP contribution in [0.25, 0.3) is 10.2 Å². The maximum atomic E-state index is 4.52. The lowest BCUT2D eigenvalue weighted by Crippen LogP contribution is -2.04. The minimum absolute atomic E-state index is 0.647. The summed E-state index contributed by atoms with van der Waals surface area (Å²) < 4.78 is 0. The summed E-state index contributed by atoms with van der Waals surface area (Å²) in [5.74, 6) is 1.53. The van der Waals surface area contributed by atoms with Crippen molar-refractivity contribution in [2.45, 2.75) is 19.9 Å². The standard InChI is InChI=1S/C13H15N5S2/c1-3-8-4-10-11(16-6-9-5-15-7-19-9)17-13(14-2)18-12(10)20-8/h4-5,7H,3,6H2,1-2H3,(H2,14,16,17,18). The molecule has 0 aliphatic rings. The van der Waals surface area contributed by atoms with E-state index in [2.05, 4.69) is 38.6 Å². The van der Waals surface area contributed by atoms with E-state index in [1.807, 2.05) is 18.8 Å². The van der Waals surface area contributed by atoms with Crippen LogP contribution < -0.4 is 10.6 Å². The van der Waals surface area contributed by atoms with Crippen LogP contribution in [0.2, 0.25) is 0 Å². The first kappa shape index (κ1) is 13.3. The first-order valence-corrected chi connectivity index (χ1v) is 8.09. The highest BCUT2D eigenvalue weighted by Crippen LogP contribution is 2.30. The molecule has 3 aromatic heterocycles. The Morgan fingerprint density at radius 3 is 2.85 bits per heavy atom. The van der Waals surface area contributed by atoms with Crippen molar-refractivity contribution < 1.29 is 0 Å². The zero-order valence-corrected chi connectivity index (χ0v) is 12.9. The Kier molecular flexibility index (Phi) is 3.79. The van der Waals surface area contributed by atoms with Crippen LogP contribution in [0.5, 0.6) is 0 Å². The van der Waals surface area contributed by atoms with Crippen LogP contribution in [0.4, 0.5) is 11.8 Å². The van der Waals surface area contributed by atoms with E-state index in [0.29, 0.717) is 5.95 Å². The quantitative estimate of drug-likeness (QED) is 0.757. The highest BCUT2D eigenvalue weighted by atomic mass is 32.1. The second kappa shape index (κ2) is 5.72. The van der Waals surface area contributed by atoms with E-state index in [1.165, 1.54) is 9.75 Å². The first-order chi connectivity index (χ1) is 9.80. The lowest BCUT2D eigenvalue weighted by atomic mass is 10.3. The van der Waals surface area contributed by atoms with Gasteiger partial charge in [0, 0.05) is 23.0 Å². The molecule has 0 fully saturated rings. The Labute approximate surface area is 125 Å². The van der Waals surface area contributed by atoms with Crippen LogP contribution >= 0.6 is 22.7 Å². The van der Waals surface area contributed by atoms with Crippen molar-refractivity contribution in [1.29, 1.82) is 0 Å². The number of hydrogen-bond acceptors (Lipinski definition) is 7. The number of rotatable bonds is 5. The molecule has 0 unspecified atom stereocenters. The Balaban J connectivity index is 1.96. The van der Waals surface area contributed by atoms with Crippen molar-refractivity contribution in [1.82, 2.24) is 15.0 Å². The Bertz CT molecular complexity index is 705. The third-order valence-electron chi connectivity index (χ3n) is 2.93. The zero-order valence-electron chi connectivity index (χ0n) is 11.3. The normalized spacial score (nSPS) is 10.9. The highest BCUT2D eigenvalue weighted by Gasteiger charge is 2.11. The van der Waals surface area contributed by atoms with Crippen LogP contribution in [0.3, 0.4) is 0 Å². The molecule has 3 heterocycles. The fourth-order valence-corrected chi connectivity index (χ4v) is 3.39. The van der Waals surface area contributed by atoms with Gasteiger partial charge in [0.2, 0.25) is 5.95 Å². The smallest absolute Gasteiger partial charge is 0.225 e. The fourth-order valence-electron chi connectivity index (χ4n) is 1.89. The average Bonchev–Trinajstić information content (AvgIpc) is 3.12. The summed E-state index contributed by atoms with van der Waals surface area (Å²) in [5.41, 5.74) is 1.84. The van der Waals surface area contributed by atoms with Crippen LogP contribution in [0.15, 0.2) is 17.8 Å². The number of anilines is 2. The molecule has 0 aromatic carbocycles. The number of nitrogens with one attached hydrogen (secondary N) is 2. The average molecular weight is 305 g/mol. The van der Waals surface area contributed by atoms with E-state index in [1.54, 1.807) is 22.7 Å². The molecule has 104 valence electrons. The van der Waals surface area contributed by atoms with Gasteiger partial charge in [-0.3, -0.25) is 4.98 Å². The molecule has 0 radical (unpaired) electrons. The maximum absolute atomic E-state index is 4.52. The van der Waals surface area contributed by atoms with E-state index >= 15 is 0 Å². The minimum Gasteiger partial charge on any atom is -0.364 e. The first-order valence-electron chi connectivity index (χ1n) is 6.39. The lowest BCUT2D eigenvalue weighted by molar-refractivity contribution is 1.12. The maximum Gasteiger partial charge on any atom is 0.225 e. The lowest BCUT2D eigenvalue weighted by Gasteiger charge is -2.07. The van der Waals surface area contributed by atoms with Gasteiger partial charge in [-0.25, -0.2) is 4.98 Å². The van der Waals surface area contributed by atoms with Crippen molar-refractivity contribution in [2.75, 3.05) is 17.7 Å². The highest BCUT2D eigenvalue weighted by molar-refractivity contribution is 7.18. The van der Waals surface area contributed by atoms with Crippen molar-refractivity contribution >= 4 is 44.7 Å². The topological polar surface area (TPSA) is 62.7 Å². The van der Waals surface area contributed by atoms with E-state index < -0.39 is 0 Å². The Morgan fingerprint density at radius 1 is 1.25 bits per heavy atom. The number of aryl methyl sites for hydroxylation is 1. The summed E-state index contributed by atoms with van der Waals surface area (Å²) in [4.78, 5) is 16.7. The van der Waals surface area contributed by atoms with E-state index in [0.717, 1.165) is 29.0 Å². The zero-order chi connectivity index (χ0) is 13.9. The second-order valence-electron chi connectivity index (χ2n) is 4.25. The number of fused-ring (bicyclic) bond motifs is 1. The molecule has 2 N–H and O–H groups in total. The van der Waals surface area contributed by atoms with Crippen LogP contribution in [0.1, 0.15) is 16.7 Å². The number of hydrogen-bond donors (Lipinski definition) is 2.